The van der Waals surface area contributed by atoms with Crippen LogP contribution in [0.5, 0.6) is 0 Å². The second-order valence-corrected chi connectivity index (χ2v) is 5.64. The Balaban J connectivity index is 1.85. The van der Waals surface area contributed by atoms with Crippen LogP contribution in [-0.4, -0.2) is 17.8 Å². The fraction of sp³-hybridized carbons (Fsp3) is 0.312. The molecule has 0 unspecified atom stereocenters. The third-order valence-electron chi connectivity index (χ3n) is 4.44. The maximum Gasteiger partial charge on any atom is 0.228 e. The molecule has 2 aliphatic carbocycles. The normalized spacial score (nSPS) is 28.5. The van der Waals surface area contributed by atoms with Crippen molar-refractivity contribution >= 4 is 23.5 Å². The molecule has 22 heavy (non-hydrogen) atoms. The fourth-order valence-electron chi connectivity index (χ4n) is 3.49. The summed E-state index contributed by atoms with van der Waals surface area (Å²) in [4.78, 5) is 34.8. The number of rotatable bonds is 4. The first kappa shape index (κ1) is 14.3. The Labute approximate surface area is 126 Å². The molecule has 2 aliphatic rings. The average molecular weight is 299 g/mol. The summed E-state index contributed by atoms with van der Waals surface area (Å²) in [6, 6.07) is 5.87. The second kappa shape index (κ2) is 5.29. The average Bonchev–Trinajstić information content (AvgIpc) is 3.08. The van der Waals surface area contributed by atoms with Gasteiger partial charge in [-0.1, -0.05) is 30.4 Å². The molecular weight excluding hydrogens is 286 g/mol. The molecule has 1 saturated carbocycles. The molecule has 2 bridgehead atoms. The van der Waals surface area contributed by atoms with Crippen LogP contribution in [0.4, 0.5) is 5.69 Å². The SMILES string of the molecule is O=C([O-])c1ccccc1NC(=O)[C@H]1[C@H](C(=O)[O-])[C@@H]2C=C[C@H]1C2. The van der Waals surface area contributed by atoms with Gasteiger partial charge in [0.25, 0.3) is 0 Å². The highest BCUT2D eigenvalue weighted by atomic mass is 16.4. The van der Waals surface area contributed by atoms with Crippen LogP contribution >= 0.6 is 0 Å². The van der Waals surface area contributed by atoms with Crippen LogP contribution < -0.4 is 15.5 Å². The summed E-state index contributed by atoms with van der Waals surface area (Å²) in [6.45, 7) is 0. The van der Waals surface area contributed by atoms with Crippen LogP contribution in [0, 0.1) is 23.7 Å². The molecule has 114 valence electrons. The van der Waals surface area contributed by atoms with Crippen LogP contribution in [0.15, 0.2) is 36.4 Å². The van der Waals surface area contributed by atoms with Gasteiger partial charge in [-0.2, -0.15) is 0 Å². The van der Waals surface area contributed by atoms with Crippen LogP contribution in [0.25, 0.3) is 0 Å². The van der Waals surface area contributed by atoms with Crippen molar-refractivity contribution in [3.05, 3.63) is 42.0 Å². The number of carboxylic acids is 2. The van der Waals surface area contributed by atoms with E-state index in [2.05, 4.69) is 5.32 Å². The van der Waals surface area contributed by atoms with E-state index in [1.807, 2.05) is 12.2 Å². The zero-order valence-corrected chi connectivity index (χ0v) is 11.5. The molecule has 1 fully saturated rings. The number of nitrogens with one attached hydrogen (secondary N) is 1. The lowest BCUT2D eigenvalue weighted by Crippen LogP contribution is -2.43. The zero-order valence-electron chi connectivity index (χ0n) is 11.5. The van der Waals surface area contributed by atoms with E-state index in [1.165, 1.54) is 18.2 Å². The highest BCUT2D eigenvalue weighted by molar-refractivity contribution is 6.01. The van der Waals surface area contributed by atoms with E-state index < -0.39 is 29.7 Å². The van der Waals surface area contributed by atoms with E-state index in [-0.39, 0.29) is 23.1 Å². The molecule has 1 N–H and O–H groups in total. The minimum atomic E-state index is -1.40. The third kappa shape index (κ3) is 2.26. The van der Waals surface area contributed by atoms with E-state index in [0.717, 1.165) is 0 Å². The lowest BCUT2D eigenvalue weighted by atomic mass is 9.82. The molecule has 0 aromatic heterocycles. The number of hydrogen-bond acceptors (Lipinski definition) is 5. The van der Waals surface area contributed by atoms with Crippen molar-refractivity contribution in [2.45, 2.75) is 6.42 Å². The minimum Gasteiger partial charge on any atom is -0.550 e. The number of carboxylic acid groups (broad SMARTS) is 2. The van der Waals surface area contributed by atoms with Gasteiger partial charge in [-0.3, -0.25) is 4.79 Å². The first-order chi connectivity index (χ1) is 10.5. The van der Waals surface area contributed by atoms with Gasteiger partial charge in [-0.25, -0.2) is 0 Å². The van der Waals surface area contributed by atoms with Crippen LogP contribution in [0.2, 0.25) is 0 Å². The standard InChI is InChI=1S/C16H15NO5/c18-14(17-11-4-2-1-3-10(11)15(19)20)12-8-5-6-9(7-8)13(12)16(21)22/h1-6,8-9,12-13H,7H2,(H,17,18)(H,19,20)(H,21,22)/p-2/t8-,9+,12+,13+/m0/s1. The first-order valence-corrected chi connectivity index (χ1v) is 6.99. The number of anilines is 1. The molecule has 6 heteroatoms. The minimum absolute atomic E-state index is 0.108. The molecular formula is C16H13NO5-2. The van der Waals surface area contributed by atoms with Crippen LogP contribution in [0.3, 0.4) is 0 Å². The van der Waals surface area contributed by atoms with Gasteiger partial charge in [0.1, 0.15) is 0 Å². The van der Waals surface area contributed by atoms with Crippen molar-refractivity contribution in [1.82, 2.24) is 0 Å². The Kier molecular flexibility index (Phi) is 3.44. The Morgan fingerprint density at radius 2 is 1.64 bits per heavy atom. The number of para-hydroxylation sites is 1. The van der Waals surface area contributed by atoms with Gasteiger partial charge in [-0.05, 0) is 24.3 Å². The predicted molar refractivity (Wildman–Crippen MR) is 72.1 cm³/mol. The van der Waals surface area contributed by atoms with Gasteiger partial charge in [-0.15, -0.1) is 0 Å². The van der Waals surface area contributed by atoms with Crippen molar-refractivity contribution in [3.63, 3.8) is 0 Å². The summed E-state index contributed by atoms with van der Waals surface area (Å²) in [6.07, 6.45) is 4.27. The number of carbonyl (C=O) groups is 3. The molecule has 1 amide bonds. The zero-order chi connectivity index (χ0) is 15.9. The van der Waals surface area contributed by atoms with E-state index in [9.17, 15) is 24.6 Å². The molecule has 4 atom stereocenters. The Morgan fingerprint density at radius 3 is 2.27 bits per heavy atom. The molecule has 0 aliphatic heterocycles. The number of fused-ring (bicyclic) bond motifs is 2. The van der Waals surface area contributed by atoms with Gasteiger partial charge in [0, 0.05) is 23.1 Å². The number of aliphatic carboxylic acids is 1. The summed E-state index contributed by atoms with van der Waals surface area (Å²) >= 11 is 0. The topological polar surface area (TPSA) is 109 Å². The molecule has 3 rings (SSSR count). The predicted octanol–water partition coefficient (Wildman–Crippen LogP) is -0.823. The molecule has 6 nitrogen and oxygen atoms in total. The maximum absolute atomic E-state index is 12.4. The van der Waals surface area contributed by atoms with E-state index >= 15 is 0 Å². The summed E-state index contributed by atoms with van der Waals surface area (Å²) in [5, 5.41) is 24.9. The highest BCUT2D eigenvalue weighted by Crippen LogP contribution is 2.48. The lowest BCUT2D eigenvalue weighted by molar-refractivity contribution is -0.313. The summed E-state index contributed by atoms with van der Waals surface area (Å²) < 4.78 is 0. The van der Waals surface area contributed by atoms with E-state index in [1.54, 1.807) is 6.07 Å². The van der Waals surface area contributed by atoms with Gasteiger partial charge in [0.2, 0.25) is 5.91 Å². The van der Waals surface area contributed by atoms with Gasteiger partial charge < -0.3 is 25.1 Å². The number of carbonyl (C=O) groups excluding carboxylic acids is 3. The van der Waals surface area contributed by atoms with Crippen molar-refractivity contribution < 1.29 is 24.6 Å². The van der Waals surface area contributed by atoms with Crippen molar-refractivity contribution in [2.75, 3.05) is 5.32 Å². The number of hydrogen-bond donors (Lipinski definition) is 1. The maximum atomic E-state index is 12.4. The molecule has 1 aromatic carbocycles. The molecule has 0 heterocycles. The van der Waals surface area contributed by atoms with Gasteiger partial charge in [0.05, 0.1) is 11.9 Å². The molecule has 1 aromatic rings. The number of aromatic carboxylic acids is 1. The van der Waals surface area contributed by atoms with Crippen LogP contribution in [-0.2, 0) is 9.59 Å². The number of amides is 1. The van der Waals surface area contributed by atoms with Gasteiger partial charge >= 0.3 is 0 Å². The van der Waals surface area contributed by atoms with E-state index in [4.69, 9.17) is 0 Å². The Morgan fingerprint density at radius 1 is 1.00 bits per heavy atom. The Bertz CT molecular complexity index is 681. The monoisotopic (exact) mass is 299 g/mol. The van der Waals surface area contributed by atoms with E-state index in [0.29, 0.717) is 6.42 Å². The third-order valence-corrected chi connectivity index (χ3v) is 4.44. The quantitative estimate of drug-likeness (QED) is 0.730. The second-order valence-electron chi connectivity index (χ2n) is 5.64. The highest BCUT2D eigenvalue weighted by Gasteiger charge is 2.48. The van der Waals surface area contributed by atoms with Crippen molar-refractivity contribution in [2.24, 2.45) is 23.7 Å². The molecule has 0 spiro atoms. The van der Waals surface area contributed by atoms with Crippen molar-refractivity contribution in [1.29, 1.82) is 0 Å². The first-order valence-electron chi connectivity index (χ1n) is 6.99. The van der Waals surface area contributed by atoms with Crippen molar-refractivity contribution in [3.8, 4) is 0 Å². The summed E-state index contributed by atoms with van der Waals surface area (Å²) in [5.74, 6) is -5.10. The fourth-order valence-corrected chi connectivity index (χ4v) is 3.49. The number of allylic oxidation sites excluding steroid dienone is 2. The summed E-state index contributed by atoms with van der Waals surface area (Å²) in [7, 11) is 0. The molecule has 0 saturated heterocycles. The van der Waals surface area contributed by atoms with Crippen LogP contribution in [0.1, 0.15) is 16.8 Å². The smallest absolute Gasteiger partial charge is 0.228 e. The molecule has 0 radical (unpaired) electrons. The largest absolute Gasteiger partial charge is 0.550 e. The Hall–Kier alpha value is -2.63. The summed E-state index contributed by atoms with van der Waals surface area (Å²) in [5.41, 5.74) is -0.0316. The van der Waals surface area contributed by atoms with Gasteiger partial charge in [0.15, 0.2) is 0 Å². The lowest BCUT2D eigenvalue weighted by Gasteiger charge is -2.28. The number of benzene rings is 1.